The molecule has 0 amide bonds. The van der Waals surface area contributed by atoms with E-state index in [0.29, 0.717) is 5.75 Å². The molecule has 4 aromatic rings. The summed E-state index contributed by atoms with van der Waals surface area (Å²) in [5, 5.41) is 9.67. The topological polar surface area (TPSA) is 32.7 Å². The van der Waals surface area contributed by atoms with E-state index >= 15 is 0 Å². The van der Waals surface area contributed by atoms with Crippen LogP contribution >= 0.6 is 11.6 Å². The van der Waals surface area contributed by atoms with E-state index < -0.39 is 11.2 Å². The van der Waals surface area contributed by atoms with Gasteiger partial charge in [-0.15, -0.1) is 0 Å². The fourth-order valence-electron chi connectivity index (χ4n) is 4.57. The van der Waals surface area contributed by atoms with Gasteiger partial charge < -0.3 is 9.84 Å². The summed E-state index contributed by atoms with van der Waals surface area (Å²) in [6.45, 7) is 0.200. The van der Waals surface area contributed by atoms with Crippen molar-refractivity contribution in [1.29, 1.82) is 0 Å². The van der Waals surface area contributed by atoms with E-state index in [0.717, 1.165) is 11.1 Å². The smallest absolute Gasteiger partial charge is 0.425 e. The summed E-state index contributed by atoms with van der Waals surface area (Å²) in [7, 11) is 0. The van der Waals surface area contributed by atoms with Crippen molar-refractivity contribution < 1.29 is 23.0 Å². The molecule has 0 aliphatic carbocycles. The number of ether oxygens (including phenoxy) is 1. The molecule has 1 unspecified atom stereocenters. The van der Waals surface area contributed by atoms with Crippen molar-refractivity contribution in [3.05, 3.63) is 132 Å². The largest absolute Gasteiger partial charge is 0.508 e. The first kappa shape index (κ1) is 27.6. The fourth-order valence-corrected chi connectivity index (χ4v) is 4.85. The highest BCUT2D eigenvalue weighted by atomic mass is 35.5. The lowest BCUT2D eigenvalue weighted by atomic mass is 9.89. The Morgan fingerprint density at radius 2 is 1.32 bits per heavy atom. The van der Waals surface area contributed by atoms with Crippen molar-refractivity contribution in [2.24, 2.45) is 0 Å². The van der Waals surface area contributed by atoms with Crippen LogP contribution in [0.1, 0.15) is 29.0 Å². The van der Waals surface area contributed by atoms with Crippen LogP contribution in [0.15, 0.2) is 115 Å². The molecule has 0 fully saturated rings. The highest BCUT2D eigenvalue weighted by molar-refractivity contribution is 6.24. The van der Waals surface area contributed by atoms with Crippen molar-refractivity contribution in [2.75, 3.05) is 19.7 Å². The Balaban J connectivity index is 1.68. The minimum absolute atomic E-state index is 0.0207. The SMILES string of the molecule is Oc1cccc(OCCCN(CC(c2ccccc2)c2ccccc2)C(Cl)(c2ccccc2)C(F)(F)F)c1. The number of phenolic OH excluding ortho intramolecular Hbond substituents is 1. The molecule has 0 aliphatic heterocycles. The van der Waals surface area contributed by atoms with Crippen molar-refractivity contribution in [3.8, 4) is 11.5 Å². The van der Waals surface area contributed by atoms with E-state index in [4.69, 9.17) is 16.3 Å². The fraction of sp³-hybridized carbons (Fsp3) is 0.226. The average molecular weight is 540 g/mol. The summed E-state index contributed by atoms with van der Waals surface area (Å²) < 4.78 is 50.3. The minimum Gasteiger partial charge on any atom is -0.508 e. The monoisotopic (exact) mass is 539 g/mol. The highest BCUT2D eigenvalue weighted by Crippen LogP contribution is 2.48. The lowest BCUT2D eigenvalue weighted by molar-refractivity contribution is -0.206. The Bertz CT molecular complexity index is 1230. The number of phenols is 1. The average Bonchev–Trinajstić information content (AvgIpc) is 2.93. The molecule has 0 radical (unpaired) electrons. The first-order valence-electron chi connectivity index (χ1n) is 12.4. The van der Waals surface area contributed by atoms with Gasteiger partial charge in [0, 0.05) is 25.1 Å². The molecule has 198 valence electrons. The quantitative estimate of drug-likeness (QED) is 0.119. The Hall–Kier alpha value is -3.48. The molecule has 0 heterocycles. The molecule has 38 heavy (non-hydrogen) atoms. The summed E-state index contributed by atoms with van der Waals surface area (Å²) in [6.07, 6.45) is -4.48. The maximum absolute atomic E-state index is 14.9. The zero-order valence-electron chi connectivity index (χ0n) is 20.7. The molecule has 0 saturated heterocycles. The molecule has 4 aromatic carbocycles. The van der Waals surface area contributed by atoms with Gasteiger partial charge in [-0.1, -0.05) is 109 Å². The first-order chi connectivity index (χ1) is 18.3. The highest BCUT2D eigenvalue weighted by Gasteiger charge is 2.59. The van der Waals surface area contributed by atoms with Crippen LogP contribution in [0.5, 0.6) is 11.5 Å². The van der Waals surface area contributed by atoms with Gasteiger partial charge in [0.2, 0.25) is 5.00 Å². The van der Waals surface area contributed by atoms with E-state index in [1.54, 1.807) is 30.3 Å². The number of hydrogen-bond donors (Lipinski definition) is 1. The Morgan fingerprint density at radius 3 is 1.84 bits per heavy atom. The molecule has 0 saturated carbocycles. The van der Waals surface area contributed by atoms with Crippen molar-refractivity contribution in [2.45, 2.75) is 23.5 Å². The maximum atomic E-state index is 14.9. The van der Waals surface area contributed by atoms with E-state index in [9.17, 15) is 18.3 Å². The van der Waals surface area contributed by atoms with Crippen molar-refractivity contribution in [3.63, 3.8) is 0 Å². The second-order valence-corrected chi connectivity index (χ2v) is 9.55. The van der Waals surface area contributed by atoms with Crippen LogP contribution in [0.3, 0.4) is 0 Å². The number of rotatable bonds is 11. The molecule has 1 atom stereocenters. The molecule has 1 N–H and O–H groups in total. The number of benzene rings is 4. The second-order valence-electron chi connectivity index (χ2n) is 9.01. The van der Waals surface area contributed by atoms with Crippen LogP contribution in [0.2, 0.25) is 0 Å². The summed E-state index contributed by atoms with van der Waals surface area (Å²) in [6, 6.07) is 32.9. The minimum atomic E-state index is -4.76. The van der Waals surface area contributed by atoms with Crippen molar-refractivity contribution >= 4 is 11.6 Å². The van der Waals surface area contributed by atoms with Gasteiger partial charge >= 0.3 is 6.18 Å². The number of aromatic hydroxyl groups is 1. The summed E-state index contributed by atoms with van der Waals surface area (Å²) >= 11 is 6.67. The zero-order chi connectivity index (χ0) is 27.0. The van der Waals surface area contributed by atoms with E-state index in [2.05, 4.69) is 0 Å². The zero-order valence-corrected chi connectivity index (χ0v) is 21.4. The third-order valence-electron chi connectivity index (χ3n) is 6.43. The molecular weight excluding hydrogens is 511 g/mol. The van der Waals surface area contributed by atoms with Crippen LogP contribution in [-0.4, -0.2) is 35.9 Å². The van der Waals surface area contributed by atoms with Gasteiger partial charge in [-0.2, -0.15) is 13.2 Å². The molecular formula is C31H29ClF3NO2. The van der Waals surface area contributed by atoms with E-state index in [1.807, 2.05) is 60.7 Å². The van der Waals surface area contributed by atoms with Gasteiger partial charge in [-0.3, -0.25) is 4.90 Å². The Morgan fingerprint density at radius 1 is 0.763 bits per heavy atom. The van der Waals surface area contributed by atoms with E-state index in [-0.39, 0.29) is 43.3 Å². The van der Waals surface area contributed by atoms with Gasteiger partial charge in [0.25, 0.3) is 0 Å². The Labute approximate surface area is 226 Å². The summed E-state index contributed by atoms with van der Waals surface area (Å²) in [5.41, 5.74) is 1.76. The van der Waals surface area contributed by atoms with Gasteiger partial charge in [0.1, 0.15) is 11.5 Å². The molecule has 7 heteroatoms. The molecule has 4 rings (SSSR count). The second kappa shape index (κ2) is 12.4. The van der Waals surface area contributed by atoms with Gasteiger partial charge in [0.15, 0.2) is 0 Å². The lowest BCUT2D eigenvalue weighted by Crippen LogP contribution is -2.54. The predicted octanol–water partition coefficient (Wildman–Crippen LogP) is 7.95. The number of hydrogen-bond acceptors (Lipinski definition) is 3. The molecule has 0 bridgehead atoms. The first-order valence-corrected chi connectivity index (χ1v) is 12.7. The third-order valence-corrected chi connectivity index (χ3v) is 7.10. The van der Waals surface area contributed by atoms with Gasteiger partial charge in [-0.05, 0) is 35.2 Å². The van der Waals surface area contributed by atoms with Crippen LogP contribution < -0.4 is 4.74 Å². The van der Waals surface area contributed by atoms with Crippen LogP contribution in [0.25, 0.3) is 0 Å². The molecule has 0 spiro atoms. The number of halogens is 4. The summed E-state index contributed by atoms with van der Waals surface area (Å²) in [4.78, 5) is -1.44. The standard InChI is InChI=1S/C31H29ClF3NO2/c32-30(31(33,34)35,26-16-8-3-9-17-26)36(20-11-21-38-28-19-10-18-27(37)22-28)23-29(24-12-4-1-5-13-24)25-14-6-2-7-15-25/h1-10,12-19,22,29,37H,11,20-21,23H2. The molecule has 0 aromatic heterocycles. The van der Waals surface area contributed by atoms with E-state index in [1.165, 1.54) is 29.2 Å². The third kappa shape index (κ3) is 6.50. The Kier molecular flexibility index (Phi) is 8.97. The van der Waals surface area contributed by atoms with Crippen LogP contribution in [0, 0.1) is 0 Å². The molecule has 3 nitrogen and oxygen atoms in total. The van der Waals surface area contributed by atoms with Crippen molar-refractivity contribution in [1.82, 2.24) is 4.90 Å². The van der Waals surface area contributed by atoms with Crippen LogP contribution in [-0.2, 0) is 5.00 Å². The predicted molar refractivity (Wildman–Crippen MR) is 145 cm³/mol. The lowest BCUT2D eigenvalue weighted by Gasteiger charge is -2.42. The summed E-state index contributed by atoms with van der Waals surface area (Å²) in [5.74, 6) is 0.145. The molecule has 0 aliphatic rings. The van der Waals surface area contributed by atoms with Crippen LogP contribution in [0.4, 0.5) is 13.2 Å². The van der Waals surface area contributed by atoms with Gasteiger partial charge in [-0.25, -0.2) is 0 Å². The number of alkyl halides is 4. The normalized spacial score (nSPS) is 13.4. The number of nitrogens with zero attached hydrogens (tertiary/aromatic N) is 1. The maximum Gasteiger partial charge on any atom is 0.425 e. The van der Waals surface area contributed by atoms with Gasteiger partial charge in [0.05, 0.1) is 6.61 Å².